The van der Waals surface area contributed by atoms with E-state index in [-0.39, 0.29) is 11.8 Å². The second-order valence-corrected chi connectivity index (χ2v) is 4.51. The van der Waals surface area contributed by atoms with E-state index in [1.807, 2.05) is 18.2 Å². The van der Waals surface area contributed by atoms with Crippen LogP contribution in [0, 0.1) is 0 Å². The van der Waals surface area contributed by atoms with Gasteiger partial charge in [0.1, 0.15) is 5.82 Å². The molecular formula is C14H17N5O2. The third kappa shape index (κ3) is 4.41. The molecule has 2 aromatic heterocycles. The number of hydrogen-bond acceptors (Lipinski definition) is 4. The van der Waals surface area contributed by atoms with Crippen LogP contribution in [-0.4, -0.2) is 33.5 Å². The van der Waals surface area contributed by atoms with Crippen LogP contribution in [0.2, 0.25) is 0 Å². The van der Waals surface area contributed by atoms with E-state index in [1.165, 1.54) is 6.92 Å². The normalized spacial score (nSPS) is 10.1. The van der Waals surface area contributed by atoms with Crippen LogP contribution in [0.1, 0.15) is 19.8 Å². The van der Waals surface area contributed by atoms with Gasteiger partial charge in [0.05, 0.1) is 17.5 Å². The molecule has 0 aliphatic heterocycles. The number of aromatic nitrogens is 3. The zero-order chi connectivity index (χ0) is 15.1. The minimum atomic E-state index is -0.137. The van der Waals surface area contributed by atoms with Crippen molar-refractivity contribution in [3.8, 4) is 11.3 Å². The van der Waals surface area contributed by atoms with E-state index in [4.69, 9.17) is 0 Å². The zero-order valence-electron chi connectivity index (χ0n) is 11.7. The maximum Gasteiger partial charge on any atom is 0.225 e. The van der Waals surface area contributed by atoms with Gasteiger partial charge in [-0.1, -0.05) is 6.07 Å². The highest BCUT2D eigenvalue weighted by molar-refractivity contribution is 5.93. The van der Waals surface area contributed by atoms with Crippen LogP contribution in [0.5, 0.6) is 0 Å². The molecule has 0 spiro atoms. The second kappa shape index (κ2) is 7.18. The van der Waals surface area contributed by atoms with E-state index in [9.17, 15) is 9.59 Å². The van der Waals surface area contributed by atoms with Crippen molar-refractivity contribution in [2.24, 2.45) is 0 Å². The van der Waals surface area contributed by atoms with Crippen LogP contribution in [0.4, 0.5) is 5.82 Å². The van der Waals surface area contributed by atoms with E-state index in [2.05, 4.69) is 25.8 Å². The molecular weight excluding hydrogens is 270 g/mol. The number of rotatable bonds is 6. The van der Waals surface area contributed by atoms with Crippen LogP contribution in [0.3, 0.4) is 0 Å². The lowest BCUT2D eigenvalue weighted by atomic mass is 10.2. The highest BCUT2D eigenvalue weighted by Gasteiger charge is 2.11. The van der Waals surface area contributed by atoms with Gasteiger partial charge in [0.15, 0.2) is 0 Å². The standard InChI is InChI=1S/C14H17N5O2/c1-10(20)15-8-4-6-13(21)18-14-11(9-17-19-14)12-5-2-3-7-16-12/h2-3,5,7,9H,4,6,8H2,1H3,(H,15,20)(H2,17,18,19,21). The molecule has 110 valence electrons. The van der Waals surface area contributed by atoms with Crippen molar-refractivity contribution >= 4 is 17.6 Å². The second-order valence-electron chi connectivity index (χ2n) is 4.51. The SMILES string of the molecule is CC(=O)NCCCC(=O)Nc1[nH]ncc1-c1ccccn1. The number of nitrogens with one attached hydrogen (secondary N) is 3. The molecule has 0 aromatic carbocycles. The first-order valence-electron chi connectivity index (χ1n) is 6.66. The van der Waals surface area contributed by atoms with E-state index in [0.29, 0.717) is 25.2 Å². The molecule has 0 fully saturated rings. The average Bonchev–Trinajstić information content (AvgIpc) is 2.92. The fourth-order valence-electron chi connectivity index (χ4n) is 1.81. The Labute approximate surface area is 122 Å². The minimum absolute atomic E-state index is 0.0959. The smallest absolute Gasteiger partial charge is 0.225 e. The summed E-state index contributed by atoms with van der Waals surface area (Å²) in [7, 11) is 0. The first-order chi connectivity index (χ1) is 10.2. The number of anilines is 1. The van der Waals surface area contributed by atoms with Gasteiger partial charge in [-0.05, 0) is 18.6 Å². The third-order valence-corrected chi connectivity index (χ3v) is 2.80. The molecule has 0 aliphatic carbocycles. The molecule has 0 saturated heterocycles. The number of nitrogens with zero attached hydrogens (tertiary/aromatic N) is 2. The van der Waals surface area contributed by atoms with E-state index in [1.54, 1.807) is 12.4 Å². The molecule has 0 radical (unpaired) electrons. The quantitative estimate of drug-likeness (QED) is 0.698. The maximum atomic E-state index is 11.8. The summed E-state index contributed by atoms with van der Waals surface area (Å²) in [5.41, 5.74) is 1.48. The van der Waals surface area contributed by atoms with Crippen molar-refractivity contribution in [2.45, 2.75) is 19.8 Å². The van der Waals surface area contributed by atoms with Crippen LogP contribution in [0.25, 0.3) is 11.3 Å². The summed E-state index contributed by atoms with van der Waals surface area (Å²) in [4.78, 5) is 26.8. The third-order valence-electron chi connectivity index (χ3n) is 2.80. The zero-order valence-corrected chi connectivity index (χ0v) is 11.7. The fourth-order valence-corrected chi connectivity index (χ4v) is 1.81. The van der Waals surface area contributed by atoms with Crippen LogP contribution < -0.4 is 10.6 Å². The Hall–Kier alpha value is -2.70. The number of hydrogen-bond donors (Lipinski definition) is 3. The van der Waals surface area contributed by atoms with E-state index >= 15 is 0 Å². The summed E-state index contributed by atoms with van der Waals surface area (Å²) in [6, 6.07) is 5.54. The van der Waals surface area contributed by atoms with Crippen LogP contribution >= 0.6 is 0 Å². The van der Waals surface area contributed by atoms with Crippen molar-refractivity contribution in [3.05, 3.63) is 30.6 Å². The van der Waals surface area contributed by atoms with E-state index < -0.39 is 0 Å². The largest absolute Gasteiger partial charge is 0.356 e. The maximum absolute atomic E-state index is 11.8. The van der Waals surface area contributed by atoms with Crippen molar-refractivity contribution in [1.29, 1.82) is 0 Å². The van der Waals surface area contributed by atoms with Crippen LogP contribution in [-0.2, 0) is 9.59 Å². The number of H-pyrrole nitrogens is 1. The Balaban J connectivity index is 1.90. The molecule has 2 heterocycles. The van der Waals surface area contributed by atoms with Gasteiger partial charge in [-0.25, -0.2) is 0 Å². The first kappa shape index (κ1) is 14.7. The Morgan fingerprint density at radius 1 is 1.33 bits per heavy atom. The summed E-state index contributed by atoms with van der Waals surface area (Å²) < 4.78 is 0. The summed E-state index contributed by atoms with van der Waals surface area (Å²) in [5, 5.41) is 12.1. The monoisotopic (exact) mass is 287 g/mol. The molecule has 2 rings (SSSR count). The van der Waals surface area contributed by atoms with Gasteiger partial charge in [-0.2, -0.15) is 5.10 Å². The lowest BCUT2D eigenvalue weighted by molar-refractivity contribution is -0.119. The molecule has 0 unspecified atom stereocenters. The Morgan fingerprint density at radius 2 is 2.19 bits per heavy atom. The molecule has 0 atom stereocenters. The number of carbonyl (C=O) groups is 2. The van der Waals surface area contributed by atoms with Gasteiger partial charge in [0.2, 0.25) is 11.8 Å². The molecule has 7 heteroatoms. The Kier molecular flexibility index (Phi) is 5.03. The fraction of sp³-hybridized carbons (Fsp3) is 0.286. The molecule has 2 amide bonds. The van der Waals surface area contributed by atoms with Gasteiger partial charge < -0.3 is 10.6 Å². The number of aromatic amines is 1. The molecule has 0 bridgehead atoms. The number of pyridine rings is 1. The van der Waals surface area contributed by atoms with Crippen molar-refractivity contribution in [1.82, 2.24) is 20.5 Å². The molecule has 0 saturated carbocycles. The molecule has 21 heavy (non-hydrogen) atoms. The summed E-state index contributed by atoms with van der Waals surface area (Å²) in [6.45, 7) is 1.93. The van der Waals surface area contributed by atoms with Gasteiger partial charge in [-0.3, -0.25) is 19.7 Å². The van der Waals surface area contributed by atoms with Gasteiger partial charge >= 0.3 is 0 Å². The summed E-state index contributed by atoms with van der Waals surface area (Å²) in [5.74, 6) is 0.293. The predicted octanol–water partition coefficient (Wildman–Crippen LogP) is 1.33. The molecule has 2 aromatic rings. The van der Waals surface area contributed by atoms with Crippen LogP contribution in [0.15, 0.2) is 30.6 Å². The van der Waals surface area contributed by atoms with Crippen molar-refractivity contribution in [2.75, 3.05) is 11.9 Å². The highest BCUT2D eigenvalue weighted by atomic mass is 16.2. The number of carbonyl (C=O) groups excluding carboxylic acids is 2. The summed E-state index contributed by atoms with van der Waals surface area (Å²) >= 11 is 0. The predicted molar refractivity (Wildman–Crippen MR) is 78.4 cm³/mol. The highest BCUT2D eigenvalue weighted by Crippen LogP contribution is 2.23. The molecule has 7 nitrogen and oxygen atoms in total. The van der Waals surface area contributed by atoms with Crippen molar-refractivity contribution in [3.63, 3.8) is 0 Å². The van der Waals surface area contributed by atoms with Gasteiger partial charge in [-0.15, -0.1) is 0 Å². The lowest BCUT2D eigenvalue weighted by Crippen LogP contribution is -2.22. The minimum Gasteiger partial charge on any atom is -0.356 e. The Bertz CT molecular complexity index is 609. The topological polar surface area (TPSA) is 99.8 Å². The van der Waals surface area contributed by atoms with Gasteiger partial charge in [0, 0.05) is 26.1 Å². The Morgan fingerprint density at radius 3 is 2.90 bits per heavy atom. The average molecular weight is 287 g/mol. The number of amides is 2. The lowest BCUT2D eigenvalue weighted by Gasteiger charge is -2.06. The molecule has 0 aliphatic rings. The van der Waals surface area contributed by atoms with Crippen molar-refractivity contribution < 1.29 is 9.59 Å². The van der Waals surface area contributed by atoms with E-state index in [0.717, 1.165) is 11.3 Å². The first-order valence-corrected chi connectivity index (χ1v) is 6.66. The molecule has 3 N–H and O–H groups in total. The summed E-state index contributed by atoms with van der Waals surface area (Å²) in [6.07, 6.45) is 4.20. The van der Waals surface area contributed by atoms with Gasteiger partial charge in [0.25, 0.3) is 0 Å².